The summed E-state index contributed by atoms with van der Waals surface area (Å²) < 4.78 is 28.5. The number of nitrogens with zero attached hydrogens (tertiary/aromatic N) is 2. The molecule has 0 spiro atoms. The lowest BCUT2D eigenvalue weighted by atomic mass is 10.2. The fraction of sp³-hybridized carbons (Fsp3) is 0.368. The summed E-state index contributed by atoms with van der Waals surface area (Å²) in [5, 5.41) is 0. The van der Waals surface area contributed by atoms with Crippen LogP contribution < -0.4 is 9.64 Å². The smallest absolute Gasteiger partial charge is 0.345 e. The van der Waals surface area contributed by atoms with E-state index < -0.39 is 15.8 Å². The molecule has 0 atom stereocenters. The Hall–Kier alpha value is -2.41. The van der Waals surface area contributed by atoms with Crippen LogP contribution in [-0.2, 0) is 9.84 Å². The van der Waals surface area contributed by atoms with Gasteiger partial charge in [0.2, 0.25) is 0 Å². The first-order valence-electron chi connectivity index (χ1n) is 8.67. The summed E-state index contributed by atoms with van der Waals surface area (Å²) in [7, 11) is -3.36. The van der Waals surface area contributed by atoms with Crippen LogP contribution in [0.5, 0.6) is 5.75 Å². The minimum Gasteiger partial charge on any atom is -0.423 e. The second-order valence-corrected chi connectivity index (χ2v) is 8.46. The Morgan fingerprint density at radius 3 is 2.42 bits per heavy atom. The zero-order valence-electron chi connectivity index (χ0n) is 14.7. The maximum absolute atomic E-state index is 12.3. The molecule has 0 saturated carbocycles. The van der Waals surface area contributed by atoms with E-state index in [0.717, 1.165) is 38.0 Å². The van der Waals surface area contributed by atoms with Crippen LogP contribution in [0.4, 0.5) is 5.82 Å². The molecule has 26 heavy (non-hydrogen) atoms. The van der Waals surface area contributed by atoms with Crippen molar-refractivity contribution in [2.24, 2.45) is 0 Å². The van der Waals surface area contributed by atoms with Crippen LogP contribution in [0, 0.1) is 0 Å². The number of carbonyl (C=O) groups is 1. The Kier molecular flexibility index (Phi) is 5.56. The molecular weight excluding hydrogens is 352 g/mol. The Morgan fingerprint density at radius 2 is 1.81 bits per heavy atom. The van der Waals surface area contributed by atoms with Crippen LogP contribution in [0.3, 0.4) is 0 Å². The average molecular weight is 374 g/mol. The third-order valence-electron chi connectivity index (χ3n) is 4.36. The van der Waals surface area contributed by atoms with Gasteiger partial charge in [-0.05, 0) is 43.2 Å². The van der Waals surface area contributed by atoms with Crippen molar-refractivity contribution in [2.75, 3.05) is 24.2 Å². The number of carbonyl (C=O) groups excluding carboxylic acids is 1. The fourth-order valence-corrected chi connectivity index (χ4v) is 3.58. The average Bonchev–Trinajstić information content (AvgIpc) is 2.91. The van der Waals surface area contributed by atoms with E-state index >= 15 is 0 Å². The Bertz CT molecular complexity index is 871. The molecule has 3 rings (SSSR count). The van der Waals surface area contributed by atoms with Crippen LogP contribution in [0.1, 0.15) is 36.0 Å². The Morgan fingerprint density at radius 1 is 1.08 bits per heavy atom. The molecule has 6 nitrogen and oxygen atoms in total. The zero-order valence-corrected chi connectivity index (χ0v) is 15.5. The second-order valence-electron chi connectivity index (χ2n) is 6.44. The number of esters is 1. The summed E-state index contributed by atoms with van der Waals surface area (Å²) in [5.41, 5.74) is 0.327. The van der Waals surface area contributed by atoms with Gasteiger partial charge in [0.1, 0.15) is 11.6 Å². The molecule has 7 heteroatoms. The van der Waals surface area contributed by atoms with Gasteiger partial charge in [-0.15, -0.1) is 0 Å². The van der Waals surface area contributed by atoms with E-state index in [1.165, 1.54) is 31.2 Å². The van der Waals surface area contributed by atoms with Gasteiger partial charge >= 0.3 is 5.97 Å². The van der Waals surface area contributed by atoms with Crippen molar-refractivity contribution in [3.8, 4) is 5.75 Å². The first kappa shape index (κ1) is 18.4. The SMILES string of the molecule is CS(=O)(=O)c1cccc(OC(=O)c2ccc(N3CCCCCC3)nc2)c1. The number of hydrogen-bond acceptors (Lipinski definition) is 6. The third-order valence-corrected chi connectivity index (χ3v) is 5.47. The first-order chi connectivity index (χ1) is 12.4. The van der Waals surface area contributed by atoms with Crippen LogP contribution >= 0.6 is 0 Å². The molecule has 0 bridgehead atoms. The maximum Gasteiger partial charge on any atom is 0.345 e. The molecule has 0 N–H and O–H groups in total. The van der Waals surface area contributed by atoms with Crippen molar-refractivity contribution < 1.29 is 17.9 Å². The molecule has 1 aromatic carbocycles. The van der Waals surface area contributed by atoms with Gasteiger partial charge in [0.15, 0.2) is 9.84 Å². The quantitative estimate of drug-likeness (QED) is 0.605. The van der Waals surface area contributed by atoms with E-state index in [4.69, 9.17) is 4.74 Å². The highest BCUT2D eigenvalue weighted by Gasteiger charge is 2.15. The van der Waals surface area contributed by atoms with Crippen molar-refractivity contribution in [3.63, 3.8) is 0 Å². The van der Waals surface area contributed by atoms with Crippen LogP contribution in [0.25, 0.3) is 0 Å². The minimum atomic E-state index is -3.36. The summed E-state index contributed by atoms with van der Waals surface area (Å²) in [5.74, 6) is 0.489. The van der Waals surface area contributed by atoms with E-state index in [2.05, 4.69) is 9.88 Å². The van der Waals surface area contributed by atoms with Crippen molar-refractivity contribution in [2.45, 2.75) is 30.6 Å². The van der Waals surface area contributed by atoms with E-state index in [1.54, 1.807) is 18.2 Å². The molecule has 1 aliphatic rings. The number of hydrogen-bond donors (Lipinski definition) is 0. The van der Waals surface area contributed by atoms with Gasteiger partial charge in [-0.1, -0.05) is 18.9 Å². The van der Waals surface area contributed by atoms with Crippen molar-refractivity contribution in [1.82, 2.24) is 4.98 Å². The molecule has 0 aliphatic carbocycles. The predicted molar refractivity (Wildman–Crippen MR) is 99.4 cm³/mol. The third kappa shape index (κ3) is 4.60. The first-order valence-corrected chi connectivity index (χ1v) is 10.6. The Labute approximate surface area is 153 Å². The lowest BCUT2D eigenvalue weighted by Gasteiger charge is -2.21. The van der Waals surface area contributed by atoms with Gasteiger partial charge in [-0.25, -0.2) is 18.2 Å². The number of ether oxygens (including phenoxy) is 1. The number of aromatic nitrogens is 1. The van der Waals surface area contributed by atoms with Crippen molar-refractivity contribution >= 4 is 21.6 Å². The van der Waals surface area contributed by atoms with Crippen LogP contribution in [0.15, 0.2) is 47.5 Å². The lowest BCUT2D eigenvalue weighted by Crippen LogP contribution is -2.25. The number of pyridine rings is 1. The number of anilines is 1. The van der Waals surface area contributed by atoms with Gasteiger partial charge in [-0.3, -0.25) is 0 Å². The number of benzene rings is 1. The Balaban J connectivity index is 1.70. The van der Waals surface area contributed by atoms with E-state index in [0.29, 0.717) is 5.56 Å². The summed E-state index contributed by atoms with van der Waals surface area (Å²) >= 11 is 0. The lowest BCUT2D eigenvalue weighted by molar-refractivity contribution is 0.0734. The monoisotopic (exact) mass is 374 g/mol. The van der Waals surface area contributed by atoms with Gasteiger partial charge in [0.05, 0.1) is 10.5 Å². The molecular formula is C19H22N2O4S. The highest BCUT2D eigenvalue weighted by Crippen LogP contribution is 2.20. The molecule has 0 unspecified atom stereocenters. The normalized spacial score (nSPS) is 15.3. The second kappa shape index (κ2) is 7.86. The summed E-state index contributed by atoms with van der Waals surface area (Å²) in [6.45, 7) is 1.96. The van der Waals surface area contributed by atoms with Crippen molar-refractivity contribution in [1.29, 1.82) is 0 Å². The topological polar surface area (TPSA) is 76.6 Å². The zero-order chi connectivity index (χ0) is 18.6. The van der Waals surface area contributed by atoms with Crippen LogP contribution in [0.2, 0.25) is 0 Å². The molecule has 0 radical (unpaired) electrons. The summed E-state index contributed by atoms with van der Waals surface area (Å²) in [4.78, 5) is 19.0. The number of sulfone groups is 1. The predicted octanol–water partition coefficient (Wildman–Crippen LogP) is 3.08. The molecule has 138 valence electrons. The standard InChI is InChI=1S/C19H22N2O4S/c1-26(23,24)17-8-6-7-16(13-17)25-19(22)15-9-10-18(20-14-15)21-11-4-2-3-5-12-21/h6-10,13-14H,2-5,11-12H2,1H3. The summed E-state index contributed by atoms with van der Waals surface area (Å²) in [6.07, 6.45) is 7.41. The minimum absolute atomic E-state index is 0.109. The van der Waals surface area contributed by atoms with Gasteiger partial charge in [0.25, 0.3) is 0 Å². The molecule has 0 amide bonds. The van der Waals surface area contributed by atoms with Gasteiger partial charge in [0, 0.05) is 25.5 Å². The molecule has 2 heterocycles. The largest absolute Gasteiger partial charge is 0.423 e. The van der Waals surface area contributed by atoms with E-state index in [1.807, 2.05) is 6.07 Å². The highest BCUT2D eigenvalue weighted by molar-refractivity contribution is 7.90. The molecule has 1 aromatic heterocycles. The maximum atomic E-state index is 12.3. The molecule has 2 aromatic rings. The molecule has 1 aliphatic heterocycles. The van der Waals surface area contributed by atoms with Gasteiger partial charge < -0.3 is 9.64 Å². The molecule has 1 saturated heterocycles. The van der Waals surface area contributed by atoms with Crippen molar-refractivity contribution in [3.05, 3.63) is 48.2 Å². The number of rotatable bonds is 4. The summed E-state index contributed by atoms with van der Waals surface area (Å²) in [6, 6.07) is 9.41. The van der Waals surface area contributed by atoms with Gasteiger partial charge in [-0.2, -0.15) is 0 Å². The molecule has 1 fully saturated rings. The highest BCUT2D eigenvalue weighted by atomic mass is 32.2. The van der Waals surface area contributed by atoms with E-state index in [-0.39, 0.29) is 10.6 Å². The van der Waals surface area contributed by atoms with Crippen LogP contribution in [-0.4, -0.2) is 38.7 Å². The fourth-order valence-electron chi connectivity index (χ4n) is 2.93. The van der Waals surface area contributed by atoms with E-state index in [9.17, 15) is 13.2 Å².